The second kappa shape index (κ2) is 7.16. The Balaban J connectivity index is 3.16. The van der Waals surface area contributed by atoms with Gasteiger partial charge in [0.25, 0.3) is 10.1 Å². The standard InChI is InChI=1S/C12H14BrN3O6/c1-3-22-11(17)14-10(12(2,13)16(20)21)8-4-6-9(7-5-8)15(18)19/h4-7,10H,3H2,1-2H3,(H,14,17). The Labute approximate surface area is 134 Å². The number of nitro groups is 2. The average Bonchev–Trinajstić information content (AvgIpc) is 2.45. The summed E-state index contributed by atoms with van der Waals surface area (Å²) in [6.07, 6.45) is -0.821. The SMILES string of the molecule is CCOC(=O)NC(c1ccc([N+](=O)[O-])cc1)C(C)(Br)[N+](=O)[O-]. The highest BCUT2D eigenvalue weighted by atomic mass is 79.9. The fraction of sp³-hybridized carbons (Fsp3) is 0.417. The van der Waals surface area contributed by atoms with E-state index < -0.39 is 26.4 Å². The summed E-state index contributed by atoms with van der Waals surface area (Å²) in [5.74, 6) is 0. The molecule has 0 spiro atoms. The van der Waals surface area contributed by atoms with Crippen LogP contribution in [0.1, 0.15) is 25.5 Å². The van der Waals surface area contributed by atoms with Gasteiger partial charge in [0.15, 0.2) is 0 Å². The number of hydrogen-bond acceptors (Lipinski definition) is 6. The Morgan fingerprint density at radius 1 is 1.36 bits per heavy atom. The number of carbonyl (C=O) groups excluding carboxylic acids is 1. The minimum Gasteiger partial charge on any atom is -0.450 e. The maximum atomic E-state index is 11.6. The van der Waals surface area contributed by atoms with Crippen molar-refractivity contribution >= 4 is 27.7 Å². The third-order valence-corrected chi connectivity index (χ3v) is 3.61. The molecule has 2 unspecified atom stereocenters. The zero-order chi connectivity index (χ0) is 16.9. The Morgan fingerprint density at radius 2 is 1.91 bits per heavy atom. The molecule has 0 bridgehead atoms. The second-order valence-electron chi connectivity index (χ2n) is 4.43. The maximum absolute atomic E-state index is 11.6. The minimum absolute atomic E-state index is 0.107. The predicted octanol–water partition coefficient (Wildman–Crippen LogP) is 2.77. The van der Waals surface area contributed by atoms with Crippen LogP contribution in [0.4, 0.5) is 10.5 Å². The molecule has 22 heavy (non-hydrogen) atoms. The molecule has 0 radical (unpaired) electrons. The van der Waals surface area contributed by atoms with Crippen LogP contribution in [0.15, 0.2) is 24.3 Å². The van der Waals surface area contributed by atoms with Crippen molar-refractivity contribution in [3.05, 3.63) is 50.1 Å². The number of amides is 1. The van der Waals surface area contributed by atoms with Crippen LogP contribution in [0.25, 0.3) is 0 Å². The fourth-order valence-electron chi connectivity index (χ4n) is 1.70. The smallest absolute Gasteiger partial charge is 0.407 e. The van der Waals surface area contributed by atoms with E-state index in [0.717, 1.165) is 0 Å². The van der Waals surface area contributed by atoms with Crippen molar-refractivity contribution in [2.75, 3.05) is 6.61 Å². The molecule has 1 aromatic carbocycles. The lowest BCUT2D eigenvalue weighted by Crippen LogP contribution is -2.45. The zero-order valence-electron chi connectivity index (χ0n) is 11.8. The molecule has 1 rings (SSSR count). The average molecular weight is 376 g/mol. The molecule has 9 nitrogen and oxygen atoms in total. The molecule has 10 heteroatoms. The number of alkyl carbamates (subject to hydrolysis) is 1. The Morgan fingerprint density at radius 3 is 2.32 bits per heavy atom. The molecule has 0 aliphatic carbocycles. The van der Waals surface area contributed by atoms with Gasteiger partial charge in [-0.3, -0.25) is 20.2 Å². The number of non-ortho nitro benzene ring substituents is 1. The zero-order valence-corrected chi connectivity index (χ0v) is 13.4. The first-order chi connectivity index (χ1) is 10.2. The van der Waals surface area contributed by atoms with Gasteiger partial charge in [-0.1, -0.05) is 0 Å². The molecule has 0 fully saturated rings. The summed E-state index contributed by atoms with van der Waals surface area (Å²) < 4.78 is 3.02. The number of hydrogen-bond donors (Lipinski definition) is 1. The largest absolute Gasteiger partial charge is 0.450 e. The molecule has 1 aromatic rings. The van der Waals surface area contributed by atoms with Gasteiger partial charge in [0, 0.05) is 39.9 Å². The number of nitrogens with zero attached hydrogens (tertiary/aromatic N) is 2. The first kappa shape index (κ1) is 17.8. The molecule has 0 saturated carbocycles. The normalized spacial score (nSPS) is 14.5. The summed E-state index contributed by atoms with van der Waals surface area (Å²) in [5.41, 5.74) is 0.172. The topological polar surface area (TPSA) is 125 Å². The van der Waals surface area contributed by atoms with Gasteiger partial charge in [-0.25, -0.2) is 4.79 Å². The molecule has 120 valence electrons. The molecule has 2 atom stereocenters. The second-order valence-corrected chi connectivity index (χ2v) is 6.03. The van der Waals surface area contributed by atoms with Gasteiger partial charge in [-0.05, 0) is 24.6 Å². The number of benzene rings is 1. The molecule has 0 aliphatic rings. The van der Waals surface area contributed by atoms with Crippen LogP contribution in [0.3, 0.4) is 0 Å². The highest BCUT2D eigenvalue weighted by Crippen LogP contribution is 2.34. The van der Waals surface area contributed by atoms with Crippen LogP contribution < -0.4 is 5.32 Å². The van der Waals surface area contributed by atoms with Gasteiger partial charge in [0.2, 0.25) is 0 Å². The van der Waals surface area contributed by atoms with Gasteiger partial charge in [0.05, 0.1) is 11.5 Å². The number of ether oxygens (including phenoxy) is 1. The van der Waals surface area contributed by atoms with Gasteiger partial charge >= 0.3 is 6.09 Å². The van der Waals surface area contributed by atoms with E-state index >= 15 is 0 Å². The highest BCUT2D eigenvalue weighted by molar-refractivity contribution is 9.10. The number of rotatable bonds is 6. The van der Waals surface area contributed by atoms with E-state index in [-0.39, 0.29) is 12.3 Å². The minimum atomic E-state index is -1.71. The quantitative estimate of drug-likeness (QED) is 0.352. The van der Waals surface area contributed by atoms with Crippen molar-refractivity contribution in [1.29, 1.82) is 0 Å². The molecular formula is C12H14BrN3O6. The van der Waals surface area contributed by atoms with Crippen LogP contribution in [-0.2, 0) is 4.74 Å². The maximum Gasteiger partial charge on any atom is 0.407 e. The van der Waals surface area contributed by atoms with E-state index in [4.69, 9.17) is 4.74 Å². The van der Waals surface area contributed by atoms with Gasteiger partial charge < -0.3 is 10.1 Å². The summed E-state index contributed by atoms with van der Waals surface area (Å²) in [6.45, 7) is 2.98. The Kier molecular flexibility index (Phi) is 5.80. The summed E-state index contributed by atoms with van der Waals surface area (Å²) in [6, 6.07) is 4.02. The lowest BCUT2D eigenvalue weighted by Gasteiger charge is -2.26. The van der Waals surface area contributed by atoms with E-state index in [1.165, 1.54) is 31.2 Å². The van der Waals surface area contributed by atoms with E-state index in [9.17, 15) is 25.0 Å². The molecule has 0 aromatic heterocycles. The highest BCUT2D eigenvalue weighted by Gasteiger charge is 2.45. The number of carbonyl (C=O) groups is 1. The van der Waals surface area contributed by atoms with Crippen molar-refractivity contribution in [2.24, 2.45) is 0 Å². The van der Waals surface area contributed by atoms with Crippen LogP contribution in [-0.4, -0.2) is 27.0 Å². The summed E-state index contributed by atoms with van der Waals surface area (Å²) in [5, 5.41) is 24.2. The van der Waals surface area contributed by atoms with Crippen LogP contribution in [0, 0.1) is 20.2 Å². The van der Waals surface area contributed by atoms with Crippen LogP contribution in [0.2, 0.25) is 0 Å². The fourth-order valence-corrected chi connectivity index (χ4v) is 2.08. The Hall–Kier alpha value is -2.23. The van der Waals surface area contributed by atoms with Crippen molar-refractivity contribution in [3.8, 4) is 0 Å². The van der Waals surface area contributed by atoms with Crippen LogP contribution >= 0.6 is 15.9 Å². The molecular weight excluding hydrogens is 362 g/mol. The van der Waals surface area contributed by atoms with Crippen molar-refractivity contribution in [1.82, 2.24) is 5.32 Å². The first-order valence-electron chi connectivity index (χ1n) is 6.21. The number of alkyl halides is 1. The van der Waals surface area contributed by atoms with E-state index in [1.54, 1.807) is 6.92 Å². The molecule has 1 amide bonds. The molecule has 0 saturated heterocycles. The lowest BCUT2D eigenvalue weighted by atomic mass is 10.0. The van der Waals surface area contributed by atoms with Crippen molar-refractivity contribution in [2.45, 2.75) is 24.3 Å². The summed E-state index contributed by atoms with van der Waals surface area (Å²) >= 11 is 2.97. The number of nitro benzene ring substituents is 1. The van der Waals surface area contributed by atoms with Gasteiger partial charge in [-0.15, -0.1) is 0 Å². The van der Waals surface area contributed by atoms with Gasteiger partial charge in [-0.2, -0.15) is 0 Å². The monoisotopic (exact) mass is 375 g/mol. The molecule has 0 aliphatic heterocycles. The Bertz CT molecular complexity index is 575. The van der Waals surface area contributed by atoms with E-state index in [2.05, 4.69) is 21.2 Å². The third-order valence-electron chi connectivity index (χ3n) is 2.86. The molecule has 0 heterocycles. The number of nitrogens with one attached hydrogen (secondary N) is 1. The van der Waals surface area contributed by atoms with E-state index in [1.807, 2.05) is 0 Å². The van der Waals surface area contributed by atoms with E-state index in [0.29, 0.717) is 5.56 Å². The summed E-state index contributed by atoms with van der Waals surface area (Å²) in [7, 11) is 0. The predicted molar refractivity (Wildman–Crippen MR) is 80.3 cm³/mol. The van der Waals surface area contributed by atoms with Gasteiger partial charge in [0.1, 0.15) is 6.04 Å². The van der Waals surface area contributed by atoms with Crippen LogP contribution in [0.5, 0.6) is 0 Å². The first-order valence-corrected chi connectivity index (χ1v) is 7.00. The van der Waals surface area contributed by atoms with Crippen molar-refractivity contribution < 1.29 is 19.4 Å². The summed E-state index contributed by atoms with van der Waals surface area (Å²) in [4.78, 5) is 32.3. The third kappa shape index (κ3) is 4.13. The number of halogens is 1. The van der Waals surface area contributed by atoms with Crippen molar-refractivity contribution in [3.63, 3.8) is 0 Å². The lowest BCUT2D eigenvalue weighted by molar-refractivity contribution is -0.536. The molecule has 1 N–H and O–H groups in total.